The molecule has 0 amide bonds. The summed E-state index contributed by atoms with van der Waals surface area (Å²) in [6.07, 6.45) is 0. The number of nitrogens with two attached hydrogens (primary N) is 1. The summed E-state index contributed by atoms with van der Waals surface area (Å²) < 4.78 is 1.09. The van der Waals surface area contributed by atoms with Crippen molar-refractivity contribution >= 4 is 38.7 Å². The van der Waals surface area contributed by atoms with Crippen LogP contribution in [0.5, 0.6) is 0 Å². The van der Waals surface area contributed by atoms with Gasteiger partial charge < -0.3 is 10.8 Å². The number of aliphatic hydroxyl groups is 1. The Hall–Kier alpha value is -0.770. The third-order valence-corrected chi connectivity index (χ3v) is 3.44. The lowest BCUT2D eigenvalue weighted by Crippen LogP contribution is -1.91. The van der Waals surface area contributed by atoms with E-state index < -0.39 is 0 Å². The summed E-state index contributed by atoms with van der Waals surface area (Å²) in [5.41, 5.74) is 8.32. The average molecular weight is 228 g/mol. The number of nitrogen functional groups attached to an aromatic ring is 1. The molecule has 0 aliphatic rings. The Bertz CT molecular complexity index is 466. The van der Waals surface area contributed by atoms with Crippen LogP contribution in [0.2, 0.25) is 0 Å². The second-order valence-electron chi connectivity index (χ2n) is 3.11. The maximum atomic E-state index is 9.20. The topological polar surface area (TPSA) is 46.2 Å². The Kier molecular flexibility index (Phi) is 2.63. The first-order valence-corrected chi connectivity index (χ1v) is 5.63. The van der Waals surface area contributed by atoms with E-state index in [0.29, 0.717) is 11.6 Å². The highest BCUT2D eigenvalue weighted by Gasteiger charge is 2.08. The first-order valence-electron chi connectivity index (χ1n) is 4.21. The summed E-state index contributed by atoms with van der Waals surface area (Å²) in [6.45, 7) is 0.00215. The molecular weight excluding hydrogens is 218 g/mol. The van der Waals surface area contributed by atoms with Crippen LogP contribution < -0.4 is 5.73 Å². The number of aliphatic hydroxyl groups excluding tert-OH is 1. The van der Waals surface area contributed by atoms with E-state index in [4.69, 9.17) is 17.3 Å². The van der Waals surface area contributed by atoms with Crippen molar-refractivity contribution < 1.29 is 5.11 Å². The van der Waals surface area contributed by atoms with Gasteiger partial charge in [-0.3, -0.25) is 0 Å². The number of fused-ring (bicyclic) bond motifs is 1. The van der Waals surface area contributed by atoms with Crippen molar-refractivity contribution in [1.29, 1.82) is 0 Å². The normalized spacial score (nSPS) is 11.0. The number of hydrogen-bond donors (Lipinski definition) is 2. The number of anilines is 1. The fourth-order valence-corrected chi connectivity index (χ4v) is 2.93. The summed E-state index contributed by atoms with van der Waals surface area (Å²) in [4.78, 5) is 0. The van der Waals surface area contributed by atoms with E-state index in [0.717, 1.165) is 21.2 Å². The zero-order valence-electron chi connectivity index (χ0n) is 7.46. The summed E-state index contributed by atoms with van der Waals surface area (Å²) >= 11 is 7.42. The van der Waals surface area contributed by atoms with E-state index in [9.17, 15) is 5.11 Å². The lowest BCUT2D eigenvalue weighted by atomic mass is 10.1. The van der Waals surface area contributed by atoms with E-state index in [2.05, 4.69) is 0 Å². The van der Waals surface area contributed by atoms with Gasteiger partial charge >= 0.3 is 0 Å². The fourth-order valence-electron chi connectivity index (χ4n) is 1.57. The monoisotopic (exact) mass is 227 g/mol. The number of rotatable bonds is 2. The summed E-state index contributed by atoms with van der Waals surface area (Å²) in [7, 11) is 0. The standard InChI is InChI=1S/C10H10ClNOS/c11-3-7-5-14-9-2-8(12)1-6(4-13)10(7)9/h1-2,5,13H,3-4,12H2. The minimum Gasteiger partial charge on any atom is -0.399 e. The fraction of sp³-hybridized carbons (Fsp3) is 0.200. The second-order valence-corrected chi connectivity index (χ2v) is 4.28. The minimum absolute atomic E-state index is 0.00215. The van der Waals surface area contributed by atoms with Gasteiger partial charge in [0.2, 0.25) is 0 Å². The molecule has 1 heterocycles. The Labute approximate surface area is 90.9 Å². The van der Waals surface area contributed by atoms with Crippen LogP contribution in [-0.2, 0) is 12.5 Å². The molecule has 2 nitrogen and oxygen atoms in total. The molecule has 2 rings (SSSR count). The van der Waals surface area contributed by atoms with Crippen molar-refractivity contribution in [2.24, 2.45) is 0 Å². The molecule has 0 fully saturated rings. The number of benzene rings is 1. The van der Waals surface area contributed by atoms with Crippen molar-refractivity contribution in [2.45, 2.75) is 12.5 Å². The Balaban J connectivity index is 2.78. The predicted octanol–water partition coefficient (Wildman–Crippen LogP) is 2.71. The maximum absolute atomic E-state index is 9.20. The Morgan fingerprint density at radius 1 is 1.36 bits per heavy atom. The molecule has 0 saturated heterocycles. The third kappa shape index (κ3) is 1.47. The molecule has 1 aromatic carbocycles. The van der Waals surface area contributed by atoms with Gasteiger partial charge in [0, 0.05) is 21.7 Å². The van der Waals surface area contributed by atoms with Crippen LogP contribution in [0.4, 0.5) is 5.69 Å². The van der Waals surface area contributed by atoms with Gasteiger partial charge in [-0.25, -0.2) is 0 Å². The number of alkyl halides is 1. The molecule has 0 bridgehead atoms. The van der Waals surface area contributed by atoms with E-state index in [1.54, 1.807) is 17.4 Å². The van der Waals surface area contributed by atoms with Crippen LogP contribution in [0.1, 0.15) is 11.1 Å². The van der Waals surface area contributed by atoms with E-state index in [1.165, 1.54) is 0 Å². The van der Waals surface area contributed by atoms with Gasteiger partial charge in [0.15, 0.2) is 0 Å². The Morgan fingerprint density at radius 2 is 2.14 bits per heavy atom. The van der Waals surface area contributed by atoms with E-state index in [-0.39, 0.29) is 6.61 Å². The zero-order valence-corrected chi connectivity index (χ0v) is 9.03. The van der Waals surface area contributed by atoms with Crippen molar-refractivity contribution in [1.82, 2.24) is 0 Å². The van der Waals surface area contributed by atoms with Gasteiger partial charge in [0.1, 0.15) is 0 Å². The van der Waals surface area contributed by atoms with Crippen molar-refractivity contribution in [3.05, 3.63) is 28.6 Å². The molecule has 2 aromatic rings. The molecule has 0 unspecified atom stereocenters. The highest BCUT2D eigenvalue weighted by Crippen LogP contribution is 2.32. The molecule has 0 atom stereocenters. The van der Waals surface area contributed by atoms with E-state index >= 15 is 0 Å². The average Bonchev–Trinajstić information content (AvgIpc) is 2.59. The van der Waals surface area contributed by atoms with Gasteiger partial charge in [-0.05, 0) is 28.6 Å². The van der Waals surface area contributed by atoms with Crippen LogP contribution in [-0.4, -0.2) is 5.11 Å². The highest BCUT2D eigenvalue weighted by molar-refractivity contribution is 7.17. The zero-order chi connectivity index (χ0) is 10.1. The first kappa shape index (κ1) is 9.77. The smallest absolute Gasteiger partial charge is 0.0689 e. The van der Waals surface area contributed by atoms with Crippen molar-refractivity contribution in [3.63, 3.8) is 0 Å². The summed E-state index contributed by atoms with van der Waals surface area (Å²) in [6, 6.07) is 3.71. The van der Waals surface area contributed by atoms with E-state index in [1.807, 2.05) is 11.4 Å². The molecule has 0 saturated carbocycles. The molecule has 14 heavy (non-hydrogen) atoms. The van der Waals surface area contributed by atoms with Gasteiger partial charge in [0.25, 0.3) is 0 Å². The largest absolute Gasteiger partial charge is 0.399 e. The second kappa shape index (κ2) is 3.77. The van der Waals surface area contributed by atoms with Crippen molar-refractivity contribution in [2.75, 3.05) is 5.73 Å². The molecule has 0 spiro atoms. The van der Waals surface area contributed by atoms with Gasteiger partial charge in [0.05, 0.1) is 6.61 Å². The highest BCUT2D eigenvalue weighted by atomic mass is 35.5. The third-order valence-electron chi connectivity index (χ3n) is 2.17. The maximum Gasteiger partial charge on any atom is 0.0689 e. The van der Waals surface area contributed by atoms with Gasteiger partial charge in [-0.1, -0.05) is 0 Å². The molecular formula is C10H10ClNOS. The molecule has 1 aromatic heterocycles. The molecule has 0 radical (unpaired) electrons. The SMILES string of the molecule is Nc1cc(CO)c2c(CCl)csc2c1. The number of halogens is 1. The number of thiophene rings is 1. The van der Waals surface area contributed by atoms with Gasteiger partial charge in [-0.15, -0.1) is 22.9 Å². The molecule has 4 heteroatoms. The molecule has 0 aliphatic carbocycles. The minimum atomic E-state index is 0.00215. The Morgan fingerprint density at radius 3 is 2.79 bits per heavy atom. The molecule has 3 N–H and O–H groups in total. The first-order chi connectivity index (χ1) is 6.76. The lowest BCUT2D eigenvalue weighted by molar-refractivity contribution is 0.283. The van der Waals surface area contributed by atoms with Crippen molar-refractivity contribution in [3.8, 4) is 0 Å². The quantitative estimate of drug-likeness (QED) is 0.612. The van der Waals surface area contributed by atoms with Crippen LogP contribution in [0.25, 0.3) is 10.1 Å². The van der Waals surface area contributed by atoms with Gasteiger partial charge in [-0.2, -0.15) is 0 Å². The van der Waals surface area contributed by atoms with Crippen LogP contribution in [0.15, 0.2) is 17.5 Å². The summed E-state index contributed by atoms with van der Waals surface area (Å²) in [5, 5.41) is 12.3. The summed E-state index contributed by atoms with van der Waals surface area (Å²) in [5.74, 6) is 0.469. The van der Waals surface area contributed by atoms with Crippen LogP contribution in [0.3, 0.4) is 0 Å². The molecule has 74 valence electrons. The van der Waals surface area contributed by atoms with Crippen LogP contribution >= 0.6 is 22.9 Å². The molecule has 0 aliphatic heterocycles. The predicted molar refractivity (Wildman–Crippen MR) is 61.7 cm³/mol. The lowest BCUT2D eigenvalue weighted by Gasteiger charge is -2.03. The van der Waals surface area contributed by atoms with Crippen LogP contribution in [0, 0.1) is 0 Å². The number of hydrogen-bond acceptors (Lipinski definition) is 3.